The number of benzene rings is 1. The van der Waals surface area contributed by atoms with Gasteiger partial charge in [-0.3, -0.25) is 4.79 Å². The van der Waals surface area contributed by atoms with Gasteiger partial charge in [0.05, 0.1) is 18.0 Å². The van der Waals surface area contributed by atoms with E-state index in [1.165, 1.54) is 12.1 Å². The van der Waals surface area contributed by atoms with Crippen molar-refractivity contribution in [2.45, 2.75) is 45.2 Å². The van der Waals surface area contributed by atoms with E-state index in [0.29, 0.717) is 41.5 Å². The number of anilines is 1. The summed E-state index contributed by atoms with van der Waals surface area (Å²) in [6.07, 6.45) is 4.74. The summed E-state index contributed by atoms with van der Waals surface area (Å²) in [6, 6.07) is 3.33. The molecule has 0 spiro atoms. The number of aromatic nitrogens is 1. The van der Waals surface area contributed by atoms with Gasteiger partial charge in [0, 0.05) is 37.4 Å². The van der Waals surface area contributed by atoms with Gasteiger partial charge in [-0.1, -0.05) is 13.8 Å². The van der Waals surface area contributed by atoms with Crippen molar-refractivity contribution in [1.29, 1.82) is 0 Å². The largest absolute Gasteiger partial charge is 0.492 e. The van der Waals surface area contributed by atoms with Crippen molar-refractivity contribution in [2.75, 3.05) is 25.1 Å². The predicted molar refractivity (Wildman–Crippen MR) is 102 cm³/mol. The number of piperidine rings is 1. The first-order chi connectivity index (χ1) is 12.3. The fourth-order valence-corrected chi connectivity index (χ4v) is 4.07. The zero-order valence-corrected chi connectivity index (χ0v) is 15.6. The first kappa shape index (κ1) is 17.3. The lowest BCUT2D eigenvalue weighted by Gasteiger charge is -2.44. The van der Waals surface area contributed by atoms with Gasteiger partial charge in [-0.05, 0) is 30.7 Å². The molecular formula is C20H26FN3O2. The maximum atomic E-state index is 15.1. The number of pyridine rings is 1. The number of methoxy groups -OCH3 is 1. The van der Waals surface area contributed by atoms with Crippen LogP contribution in [0.1, 0.15) is 39.2 Å². The summed E-state index contributed by atoms with van der Waals surface area (Å²) in [7, 11) is 1.55. The van der Waals surface area contributed by atoms with E-state index in [9.17, 15) is 4.79 Å². The molecule has 26 heavy (non-hydrogen) atoms. The summed E-state index contributed by atoms with van der Waals surface area (Å²) in [4.78, 5) is 14.4. The maximum absolute atomic E-state index is 15.1. The second-order valence-corrected chi connectivity index (χ2v) is 8.26. The lowest BCUT2D eigenvalue weighted by Crippen LogP contribution is -2.52. The fourth-order valence-electron chi connectivity index (χ4n) is 4.07. The van der Waals surface area contributed by atoms with Crippen molar-refractivity contribution in [2.24, 2.45) is 11.1 Å². The second-order valence-electron chi connectivity index (χ2n) is 8.26. The topological polar surface area (TPSA) is 60.5 Å². The summed E-state index contributed by atoms with van der Waals surface area (Å²) in [5, 5.41) is 0.380. The van der Waals surface area contributed by atoms with Crippen molar-refractivity contribution < 1.29 is 9.13 Å². The highest BCUT2D eigenvalue weighted by atomic mass is 19.1. The third kappa shape index (κ3) is 2.67. The van der Waals surface area contributed by atoms with Crippen LogP contribution in [0.2, 0.25) is 0 Å². The highest BCUT2D eigenvalue weighted by molar-refractivity contribution is 5.91. The number of halogens is 1. The molecule has 1 aliphatic heterocycles. The van der Waals surface area contributed by atoms with Crippen LogP contribution in [-0.4, -0.2) is 30.8 Å². The molecule has 2 aliphatic rings. The molecule has 5 nitrogen and oxygen atoms in total. The molecule has 1 aromatic heterocycles. The molecule has 2 aromatic rings. The summed E-state index contributed by atoms with van der Waals surface area (Å²) in [6.45, 7) is 5.53. The minimum atomic E-state index is -0.411. The van der Waals surface area contributed by atoms with Crippen LogP contribution in [0, 0.1) is 11.2 Å². The van der Waals surface area contributed by atoms with Crippen LogP contribution in [0.5, 0.6) is 5.75 Å². The summed E-state index contributed by atoms with van der Waals surface area (Å²) < 4.78 is 22.9. The highest BCUT2D eigenvalue weighted by Crippen LogP contribution is 2.44. The quantitative estimate of drug-likeness (QED) is 0.915. The van der Waals surface area contributed by atoms with Gasteiger partial charge in [0.2, 0.25) is 0 Å². The van der Waals surface area contributed by atoms with Gasteiger partial charge in [-0.25, -0.2) is 4.39 Å². The normalized spacial score (nSPS) is 22.7. The number of hydrogen-bond donors (Lipinski definition) is 1. The van der Waals surface area contributed by atoms with E-state index in [1.807, 2.05) is 11.1 Å². The molecule has 2 N–H and O–H groups in total. The number of fused-ring (bicyclic) bond motifs is 1. The molecule has 2 heterocycles. The van der Waals surface area contributed by atoms with E-state index in [4.69, 9.17) is 10.5 Å². The molecule has 0 bridgehead atoms. The van der Waals surface area contributed by atoms with Gasteiger partial charge >= 0.3 is 0 Å². The zero-order valence-electron chi connectivity index (χ0n) is 15.6. The summed E-state index contributed by atoms with van der Waals surface area (Å²) >= 11 is 0. The van der Waals surface area contributed by atoms with E-state index in [0.717, 1.165) is 19.3 Å². The number of nitrogens with zero attached hydrogens (tertiary/aromatic N) is 2. The van der Waals surface area contributed by atoms with Crippen LogP contribution in [0.4, 0.5) is 10.1 Å². The van der Waals surface area contributed by atoms with Crippen molar-refractivity contribution in [1.82, 2.24) is 4.57 Å². The van der Waals surface area contributed by atoms with E-state index >= 15 is 4.39 Å². The molecule has 6 heteroatoms. The van der Waals surface area contributed by atoms with E-state index in [2.05, 4.69) is 18.4 Å². The highest BCUT2D eigenvalue weighted by Gasteiger charge is 2.36. The minimum absolute atomic E-state index is 0.0814. The Hall–Kier alpha value is -2.08. The Balaban J connectivity index is 1.94. The summed E-state index contributed by atoms with van der Waals surface area (Å²) in [5.74, 6) is 0.0436. The van der Waals surface area contributed by atoms with Gasteiger partial charge in [0.25, 0.3) is 0 Å². The Morgan fingerprint density at radius 2 is 2.04 bits per heavy atom. The van der Waals surface area contributed by atoms with Gasteiger partial charge in [-0.2, -0.15) is 0 Å². The van der Waals surface area contributed by atoms with Crippen molar-refractivity contribution in [3.63, 3.8) is 0 Å². The maximum Gasteiger partial charge on any atom is 0.189 e. The molecule has 140 valence electrons. The Labute approximate surface area is 152 Å². The van der Waals surface area contributed by atoms with Crippen LogP contribution in [0.3, 0.4) is 0 Å². The average molecular weight is 359 g/mol. The number of hydrogen-bond acceptors (Lipinski definition) is 4. The summed E-state index contributed by atoms with van der Waals surface area (Å²) in [5.41, 5.74) is 7.09. The first-order valence-corrected chi connectivity index (χ1v) is 9.25. The molecule has 4 rings (SSSR count). The Kier molecular flexibility index (Phi) is 3.99. The smallest absolute Gasteiger partial charge is 0.189 e. The second kappa shape index (κ2) is 5.98. The van der Waals surface area contributed by atoms with Crippen molar-refractivity contribution in [3.8, 4) is 5.75 Å². The number of rotatable bonds is 3. The number of ether oxygens (including phenoxy) is 1. The lowest BCUT2D eigenvalue weighted by atomic mass is 9.79. The van der Waals surface area contributed by atoms with E-state index in [-0.39, 0.29) is 16.9 Å². The van der Waals surface area contributed by atoms with E-state index in [1.54, 1.807) is 7.11 Å². The van der Waals surface area contributed by atoms with Gasteiger partial charge < -0.3 is 19.9 Å². The molecule has 0 amide bonds. The van der Waals surface area contributed by atoms with Crippen LogP contribution in [0.25, 0.3) is 10.9 Å². The monoisotopic (exact) mass is 359 g/mol. The predicted octanol–water partition coefficient (Wildman–Crippen LogP) is 3.05. The van der Waals surface area contributed by atoms with Gasteiger partial charge in [-0.15, -0.1) is 0 Å². The van der Waals surface area contributed by atoms with Gasteiger partial charge in [0.1, 0.15) is 5.69 Å². The van der Waals surface area contributed by atoms with Gasteiger partial charge in [0.15, 0.2) is 17.0 Å². The molecule has 1 unspecified atom stereocenters. The first-order valence-electron chi connectivity index (χ1n) is 9.25. The molecule has 1 aliphatic carbocycles. The molecule has 1 saturated carbocycles. The third-order valence-electron chi connectivity index (χ3n) is 5.87. The van der Waals surface area contributed by atoms with Crippen molar-refractivity contribution in [3.05, 3.63) is 34.4 Å². The van der Waals surface area contributed by atoms with E-state index < -0.39 is 5.82 Å². The molecule has 1 atom stereocenters. The molecular weight excluding hydrogens is 333 g/mol. The Morgan fingerprint density at radius 1 is 1.31 bits per heavy atom. The SMILES string of the molecule is COc1c(N2CCC(N)C(C)(C)C2)c(F)cc2c(=O)ccn(C3CC3)c12. The van der Waals surface area contributed by atoms with Crippen LogP contribution in [0.15, 0.2) is 23.1 Å². The van der Waals surface area contributed by atoms with Crippen LogP contribution >= 0.6 is 0 Å². The number of nitrogens with two attached hydrogens (primary N) is 1. The van der Waals surface area contributed by atoms with Crippen LogP contribution in [-0.2, 0) is 0 Å². The molecule has 1 aromatic carbocycles. The Bertz CT molecular complexity index is 917. The van der Waals surface area contributed by atoms with Crippen LogP contribution < -0.4 is 20.8 Å². The minimum Gasteiger partial charge on any atom is -0.492 e. The zero-order chi connectivity index (χ0) is 18.6. The lowest BCUT2D eigenvalue weighted by molar-refractivity contribution is 0.243. The molecule has 1 saturated heterocycles. The molecule has 0 radical (unpaired) electrons. The Morgan fingerprint density at radius 3 is 2.65 bits per heavy atom. The standard InChI is InChI=1S/C20H26FN3O2/c1-20(2)11-23(8-7-16(20)22)18-14(21)10-13-15(25)6-9-24(12-4-5-12)17(13)19(18)26-3/h6,9-10,12,16H,4-5,7-8,11,22H2,1-3H3. The molecule has 2 fully saturated rings. The fraction of sp³-hybridized carbons (Fsp3) is 0.550. The average Bonchev–Trinajstić information content (AvgIpc) is 3.42. The van der Waals surface area contributed by atoms with Crippen molar-refractivity contribution >= 4 is 16.6 Å². The third-order valence-corrected chi connectivity index (χ3v) is 5.87.